The van der Waals surface area contributed by atoms with E-state index in [0.29, 0.717) is 5.39 Å². The molecule has 0 aliphatic carbocycles. The third-order valence-electron chi connectivity index (χ3n) is 2.86. The van der Waals surface area contributed by atoms with Gasteiger partial charge in [0.05, 0.1) is 0 Å². The van der Waals surface area contributed by atoms with Crippen LogP contribution in [0.4, 0.5) is 4.39 Å². The first-order valence-electron chi connectivity index (χ1n) is 5.84. The number of pyridine rings is 1. The summed E-state index contributed by atoms with van der Waals surface area (Å²) >= 11 is 0. The summed E-state index contributed by atoms with van der Waals surface area (Å²) in [5.74, 6) is -0.481. The van der Waals surface area contributed by atoms with Crippen LogP contribution in [0.1, 0.15) is 16.1 Å². The molecule has 0 aliphatic rings. The molecule has 0 bridgehead atoms. The number of rotatable bonds is 3. The van der Waals surface area contributed by atoms with Crippen LogP contribution in [0.3, 0.4) is 0 Å². The number of para-hydroxylation sites is 1. The van der Waals surface area contributed by atoms with Gasteiger partial charge in [-0.2, -0.15) is 0 Å². The summed E-state index contributed by atoms with van der Waals surface area (Å²) in [6.07, 6.45) is 3.46. The van der Waals surface area contributed by atoms with E-state index in [-0.39, 0.29) is 23.5 Å². The van der Waals surface area contributed by atoms with Gasteiger partial charge in [-0.15, -0.1) is 0 Å². The van der Waals surface area contributed by atoms with Crippen LogP contribution in [0.15, 0.2) is 53.2 Å². The molecule has 1 aromatic carbocycles. The lowest BCUT2D eigenvalue weighted by molar-refractivity contribution is 0.0968. The lowest BCUT2D eigenvalue weighted by Gasteiger charge is -1.97. The van der Waals surface area contributed by atoms with E-state index >= 15 is 0 Å². The van der Waals surface area contributed by atoms with Crippen molar-refractivity contribution in [1.82, 2.24) is 4.98 Å². The van der Waals surface area contributed by atoms with Gasteiger partial charge in [0.2, 0.25) is 5.78 Å². The van der Waals surface area contributed by atoms with Crippen molar-refractivity contribution in [1.29, 1.82) is 0 Å². The highest BCUT2D eigenvalue weighted by molar-refractivity contribution is 5.98. The van der Waals surface area contributed by atoms with Crippen molar-refractivity contribution in [2.24, 2.45) is 0 Å². The minimum atomic E-state index is -0.460. The first kappa shape index (κ1) is 11.6. The SMILES string of the molecule is O=C(Cc1cccnc1)c1cc2cccc(F)c2o1. The number of carbonyl (C=O) groups excluding carboxylic acids is 1. The Balaban J connectivity index is 1.92. The van der Waals surface area contributed by atoms with Crippen molar-refractivity contribution >= 4 is 16.8 Å². The average Bonchev–Trinajstić information content (AvgIpc) is 2.85. The Labute approximate surface area is 108 Å². The number of benzene rings is 1. The molecule has 0 N–H and O–H groups in total. The van der Waals surface area contributed by atoms with Crippen molar-refractivity contribution in [2.45, 2.75) is 6.42 Å². The number of furan rings is 1. The molecule has 0 saturated carbocycles. The van der Waals surface area contributed by atoms with Crippen molar-refractivity contribution in [3.8, 4) is 0 Å². The Hall–Kier alpha value is -2.49. The molecule has 3 nitrogen and oxygen atoms in total. The molecule has 2 aromatic heterocycles. The fourth-order valence-electron chi connectivity index (χ4n) is 1.94. The molecule has 0 unspecified atom stereocenters. The van der Waals surface area contributed by atoms with Gasteiger partial charge in [0.15, 0.2) is 17.2 Å². The molecule has 0 atom stereocenters. The number of aromatic nitrogens is 1. The Morgan fingerprint density at radius 2 is 2.16 bits per heavy atom. The number of carbonyl (C=O) groups is 1. The second kappa shape index (κ2) is 4.65. The molecule has 3 rings (SSSR count). The van der Waals surface area contributed by atoms with Crippen LogP contribution in [0.2, 0.25) is 0 Å². The largest absolute Gasteiger partial charge is 0.450 e. The van der Waals surface area contributed by atoms with Gasteiger partial charge in [-0.3, -0.25) is 9.78 Å². The molecule has 0 fully saturated rings. The second-order valence-electron chi connectivity index (χ2n) is 4.23. The fraction of sp³-hybridized carbons (Fsp3) is 0.0667. The van der Waals surface area contributed by atoms with Gasteiger partial charge in [0.1, 0.15) is 0 Å². The summed E-state index contributed by atoms with van der Waals surface area (Å²) in [7, 11) is 0. The highest BCUT2D eigenvalue weighted by Crippen LogP contribution is 2.22. The van der Waals surface area contributed by atoms with Crippen molar-refractivity contribution in [3.63, 3.8) is 0 Å². The molecule has 0 spiro atoms. The molecule has 4 heteroatoms. The van der Waals surface area contributed by atoms with Crippen LogP contribution in [-0.4, -0.2) is 10.8 Å². The zero-order valence-electron chi connectivity index (χ0n) is 9.97. The van der Waals surface area contributed by atoms with E-state index < -0.39 is 5.82 Å². The van der Waals surface area contributed by atoms with E-state index in [9.17, 15) is 9.18 Å². The quantitative estimate of drug-likeness (QED) is 0.674. The number of hydrogen-bond donors (Lipinski definition) is 0. The van der Waals surface area contributed by atoms with Crippen molar-refractivity contribution < 1.29 is 13.6 Å². The number of Topliss-reactive ketones (excluding diaryl/α,β-unsaturated/α-hetero) is 1. The van der Waals surface area contributed by atoms with E-state index in [1.165, 1.54) is 6.07 Å². The molecule has 2 heterocycles. The van der Waals surface area contributed by atoms with E-state index in [0.717, 1.165) is 5.56 Å². The second-order valence-corrected chi connectivity index (χ2v) is 4.23. The van der Waals surface area contributed by atoms with Crippen molar-refractivity contribution in [3.05, 3.63) is 65.9 Å². The zero-order valence-corrected chi connectivity index (χ0v) is 9.97. The predicted molar refractivity (Wildman–Crippen MR) is 68.4 cm³/mol. The van der Waals surface area contributed by atoms with E-state index in [4.69, 9.17) is 4.42 Å². The number of halogens is 1. The molecule has 0 amide bonds. The Bertz CT molecular complexity index is 734. The monoisotopic (exact) mass is 255 g/mol. The van der Waals surface area contributed by atoms with Crippen LogP contribution in [-0.2, 0) is 6.42 Å². The standard InChI is InChI=1S/C15H10FNO2/c16-12-5-1-4-11-8-14(19-15(11)12)13(18)7-10-3-2-6-17-9-10/h1-6,8-9H,7H2. The molecular formula is C15H10FNO2. The third kappa shape index (κ3) is 2.25. The van der Waals surface area contributed by atoms with Crippen LogP contribution in [0.5, 0.6) is 0 Å². The van der Waals surface area contributed by atoms with Crippen LogP contribution in [0.25, 0.3) is 11.0 Å². The highest BCUT2D eigenvalue weighted by atomic mass is 19.1. The van der Waals surface area contributed by atoms with Gasteiger partial charge in [0, 0.05) is 24.2 Å². The van der Waals surface area contributed by atoms with Crippen molar-refractivity contribution in [2.75, 3.05) is 0 Å². The molecule has 3 aromatic rings. The lowest BCUT2D eigenvalue weighted by atomic mass is 10.1. The maximum Gasteiger partial charge on any atom is 0.202 e. The van der Waals surface area contributed by atoms with Gasteiger partial charge in [-0.25, -0.2) is 4.39 Å². The van der Waals surface area contributed by atoms with E-state index in [1.54, 1.807) is 36.7 Å². The van der Waals surface area contributed by atoms with E-state index in [1.807, 2.05) is 6.07 Å². The number of ketones is 1. The maximum absolute atomic E-state index is 13.5. The number of nitrogens with zero attached hydrogens (tertiary/aromatic N) is 1. The molecule has 19 heavy (non-hydrogen) atoms. The maximum atomic E-state index is 13.5. The highest BCUT2D eigenvalue weighted by Gasteiger charge is 2.14. The summed E-state index contributed by atoms with van der Waals surface area (Å²) in [5.41, 5.74) is 0.922. The number of hydrogen-bond acceptors (Lipinski definition) is 3. The van der Waals surface area contributed by atoms with Gasteiger partial charge < -0.3 is 4.42 Å². The minimum absolute atomic E-state index is 0.122. The number of fused-ring (bicyclic) bond motifs is 1. The summed E-state index contributed by atoms with van der Waals surface area (Å²) in [6.45, 7) is 0. The topological polar surface area (TPSA) is 43.1 Å². The first-order chi connectivity index (χ1) is 9.24. The van der Waals surface area contributed by atoms with Gasteiger partial charge in [-0.05, 0) is 23.8 Å². The smallest absolute Gasteiger partial charge is 0.202 e. The third-order valence-corrected chi connectivity index (χ3v) is 2.86. The Kier molecular flexibility index (Phi) is 2.83. The summed E-state index contributed by atoms with van der Waals surface area (Å²) < 4.78 is 18.8. The normalized spacial score (nSPS) is 10.8. The fourth-order valence-corrected chi connectivity index (χ4v) is 1.94. The van der Waals surface area contributed by atoms with Crippen LogP contribution < -0.4 is 0 Å². The summed E-state index contributed by atoms with van der Waals surface area (Å²) in [5, 5.41) is 0.592. The van der Waals surface area contributed by atoms with E-state index in [2.05, 4.69) is 4.98 Å². The van der Waals surface area contributed by atoms with Crippen LogP contribution in [0, 0.1) is 5.82 Å². The molecule has 0 radical (unpaired) electrons. The summed E-state index contributed by atoms with van der Waals surface area (Å²) in [6, 6.07) is 9.75. The molecular weight excluding hydrogens is 245 g/mol. The zero-order chi connectivity index (χ0) is 13.2. The predicted octanol–water partition coefficient (Wildman–Crippen LogP) is 3.39. The van der Waals surface area contributed by atoms with Crippen LogP contribution >= 0.6 is 0 Å². The molecule has 0 saturated heterocycles. The molecule has 0 aliphatic heterocycles. The van der Waals surface area contributed by atoms with Gasteiger partial charge in [-0.1, -0.05) is 18.2 Å². The van der Waals surface area contributed by atoms with Gasteiger partial charge in [0.25, 0.3) is 0 Å². The first-order valence-corrected chi connectivity index (χ1v) is 5.84. The summed E-state index contributed by atoms with van der Waals surface area (Å²) in [4.78, 5) is 16.0. The Morgan fingerprint density at radius 1 is 1.26 bits per heavy atom. The average molecular weight is 255 g/mol. The van der Waals surface area contributed by atoms with Gasteiger partial charge >= 0.3 is 0 Å². The minimum Gasteiger partial charge on any atom is -0.450 e. The Morgan fingerprint density at radius 3 is 2.89 bits per heavy atom. The molecule has 94 valence electrons. The lowest BCUT2D eigenvalue weighted by Crippen LogP contribution is -2.02.